The van der Waals surface area contributed by atoms with Crippen LogP contribution in [0.15, 0.2) is 11.6 Å². The first-order valence-electron chi connectivity index (χ1n) is 11.8. The van der Waals surface area contributed by atoms with Crippen molar-refractivity contribution in [2.75, 3.05) is 0 Å². The molecule has 2 unspecified atom stereocenters. The molecule has 0 amide bonds. The standard InChI is InChI=1S/C25H35ClO3/c1-14(27)29-16-8-10-24(2)15(12-16)4-5-17-19-6-7-20(18-13-22(28)23(18)26)25(19,3)11-9-21(17)24/h4,16-21,23H,5-13H2,1-3H3/t16-,17-,18?,19-,20+,21-,23?,24-,25-/m0/s1. The molecule has 5 aliphatic carbocycles. The number of ketones is 1. The summed E-state index contributed by atoms with van der Waals surface area (Å²) in [6, 6.07) is 0. The molecule has 5 rings (SSSR count). The lowest BCUT2D eigenvalue weighted by Crippen LogP contribution is -2.53. The maximum atomic E-state index is 11.8. The van der Waals surface area contributed by atoms with Crippen LogP contribution >= 0.6 is 11.6 Å². The zero-order valence-electron chi connectivity index (χ0n) is 18.1. The molecule has 4 heteroatoms. The van der Waals surface area contributed by atoms with Crippen LogP contribution in [-0.4, -0.2) is 23.2 Å². The van der Waals surface area contributed by atoms with Crippen molar-refractivity contribution in [2.24, 2.45) is 40.4 Å². The van der Waals surface area contributed by atoms with E-state index >= 15 is 0 Å². The van der Waals surface area contributed by atoms with Crippen LogP contribution in [0, 0.1) is 40.4 Å². The molecule has 4 saturated carbocycles. The molecule has 3 nitrogen and oxygen atoms in total. The van der Waals surface area contributed by atoms with Gasteiger partial charge in [-0.1, -0.05) is 25.5 Å². The summed E-state index contributed by atoms with van der Waals surface area (Å²) in [6.07, 6.45) is 12.7. The Morgan fingerprint density at radius 1 is 1.03 bits per heavy atom. The SMILES string of the molecule is CC(=O)O[C@H]1CC[C@@]2(C)C(=CC[C@H]3[C@@H]4CC[C@H](C5CC(=O)C5Cl)[C@@]4(C)CC[C@@H]32)C1. The molecule has 0 aromatic rings. The highest BCUT2D eigenvalue weighted by Gasteiger charge is 2.61. The van der Waals surface area contributed by atoms with Gasteiger partial charge in [-0.2, -0.15) is 0 Å². The smallest absolute Gasteiger partial charge is 0.302 e. The summed E-state index contributed by atoms with van der Waals surface area (Å²) in [5.74, 6) is 3.46. The quantitative estimate of drug-likeness (QED) is 0.328. The van der Waals surface area contributed by atoms with Gasteiger partial charge in [-0.05, 0) is 85.4 Å². The van der Waals surface area contributed by atoms with Crippen LogP contribution in [0.2, 0.25) is 0 Å². The largest absolute Gasteiger partial charge is 0.462 e. The average molecular weight is 419 g/mol. The number of carbonyl (C=O) groups is 2. The summed E-state index contributed by atoms with van der Waals surface area (Å²) in [6.45, 7) is 6.55. The van der Waals surface area contributed by atoms with Crippen molar-refractivity contribution >= 4 is 23.4 Å². The molecule has 0 spiro atoms. The second-order valence-corrected chi connectivity index (χ2v) is 11.7. The van der Waals surface area contributed by atoms with E-state index in [9.17, 15) is 9.59 Å². The molecule has 29 heavy (non-hydrogen) atoms. The van der Waals surface area contributed by atoms with Gasteiger partial charge in [0.1, 0.15) is 6.10 Å². The fraction of sp³-hybridized carbons (Fsp3) is 0.840. The van der Waals surface area contributed by atoms with E-state index in [1.807, 2.05) is 0 Å². The number of hydrogen-bond donors (Lipinski definition) is 0. The number of halogens is 1. The summed E-state index contributed by atoms with van der Waals surface area (Å²) in [5, 5.41) is -0.222. The maximum Gasteiger partial charge on any atom is 0.302 e. The van der Waals surface area contributed by atoms with E-state index in [-0.39, 0.29) is 28.6 Å². The lowest BCUT2D eigenvalue weighted by Gasteiger charge is -2.59. The van der Waals surface area contributed by atoms with Gasteiger partial charge in [0.05, 0.1) is 5.38 Å². The molecule has 0 saturated heterocycles. The summed E-state index contributed by atoms with van der Waals surface area (Å²) in [7, 11) is 0. The Morgan fingerprint density at radius 2 is 1.76 bits per heavy atom. The van der Waals surface area contributed by atoms with Gasteiger partial charge in [0, 0.05) is 19.8 Å². The first kappa shape index (κ1) is 20.1. The molecule has 0 aromatic heterocycles. The van der Waals surface area contributed by atoms with Crippen LogP contribution in [0.5, 0.6) is 0 Å². The van der Waals surface area contributed by atoms with Crippen molar-refractivity contribution in [3.8, 4) is 0 Å². The van der Waals surface area contributed by atoms with Crippen LogP contribution in [0.25, 0.3) is 0 Å². The first-order chi connectivity index (χ1) is 13.7. The molecule has 0 aliphatic heterocycles. The minimum absolute atomic E-state index is 0.0740. The van der Waals surface area contributed by atoms with Gasteiger partial charge in [-0.25, -0.2) is 0 Å². The number of carbonyl (C=O) groups excluding carboxylic acids is 2. The van der Waals surface area contributed by atoms with E-state index in [1.54, 1.807) is 5.57 Å². The molecular formula is C25H35ClO3. The highest BCUT2D eigenvalue weighted by atomic mass is 35.5. The predicted molar refractivity (Wildman–Crippen MR) is 114 cm³/mol. The van der Waals surface area contributed by atoms with Gasteiger partial charge in [-0.15, -0.1) is 11.6 Å². The van der Waals surface area contributed by atoms with Crippen LogP contribution in [0.4, 0.5) is 0 Å². The molecule has 4 fully saturated rings. The normalized spacial score (nSPS) is 51.2. The predicted octanol–water partition coefficient (Wildman–Crippen LogP) is 5.69. The summed E-state index contributed by atoms with van der Waals surface area (Å²) in [4.78, 5) is 23.2. The molecule has 0 radical (unpaired) electrons. The Hall–Kier alpha value is -0.830. The van der Waals surface area contributed by atoms with E-state index in [0.29, 0.717) is 23.7 Å². The summed E-state index contributed by atoms with van der Waals surface area (Å²) in [5.41, 5.74) is 2.19. The van der Waals surface area contributed by atoms with Crippen LogP contribution < -0.4 is 0 Å². The van der Waals surface area contributed by atoms with Crippen molar-refractivity contribution in [1.29, 1.82) is 0 Å². The Kier molecular flexibility index (Phi) is 4.74. The van der Waals surface area contributed by atoms with Crippen molar-refractivity contribution in [3.63, 3.8) is 0 Å². The van der Waals surface area contributed by atoms with Crippen molar-refractivity contribution in [3.05, 3.63) is 11.6 Å². The van der Waals surface area contributed by atoms with Crippen LogP contribution in [-0.2, 0) is 14.3 Å². The molecule has 0 N–H and O–H groups in total. The van der Waals surface area contributed by atoms with Gasteiger partial charge in [-0.3, -0.25) is 9.59 Å². The third kappa shape index (κ3) is 2.89. The van der Waals surface area contributed by atoms with Gasteiger partial charge in [0.25, 0.3) is 0 Å². The molecule has 5 aliphatic rings. The number of fused-ring (bicyclic) bond motifs is 5. The maximum absolute atomic E-state index is 11.8. The minimum atomic E-state index is -0.222. The topological polar surface area (TPSA) is 43.4 Å². The summed E-state index contributed by atoms with van der Waals surface area (Å²) < 4.78 is 5.56. The second kappa shape index (κ2) is 6.84. The van der Waals surface area contributed by atoms with E-state index in [1.165, 1.54) is 39.0 Å². The molecule has 0 heterocycles. The van der Waals surface area contributed by atoms with Gasteiger partial charge < -0.3 is 4.74 Å². The Balaban J connectivity index is 1.37. The highest BCUT2D eigenvalue weighted by molar-refractivity contribution is 6.33. The number of alkyl halides is 1. The molecular weight excluding hydrogens is 384 g/mol. The third-order valence-electron chi connectivity index (χ3n) is 10.1. The van der Waals surface area contributed by atoms with Crippen LogP contribution in [0.1, 0.15) is 78.6 Å². The number of ether oxygens (including phenoxy) is 1. The Morgan fingerprint density at radius 3 is 2.41 bits per heavy atom. The van der Waals surface area contributed by atoms with E-state index in [4.69, 9.17) is 16.3 Å². The number of allylic oxidation sites excluding steroid dienone is 1. The fourth-order valence-electron chi connectivity index (χ4n) is 8.58. The van der Waals surface area contributed by atoms with Crippen molar-refractivity contribution in [2.45, 2.75) is 90.0 Å². The van der Waals surface area contributed by atoms with Gasteiger partial charge in [0.2, 0.25) is 0 Å². The molecule has 160 valence electrons. The molecule has 0 bridgehead atoms. The van der Waals surface area contributed by atoms with Gasteiger partial charge in [0.15, 0.2) is 5.78 Å². The first-order valence-corrected chi connectivity index (χ1v) is 12.2. The van der Waals surface area contributed by atoms with Crippen molar-refractivity contribution in [1.82, 2.24) is 0 Å². The van der Waals surface area contributed by atoms with Crippen LogP contribution in [0.3, 0.4) is 0 Å². The molecule has 9 atom stereocenters. The number of Topliss-reactive ketones (excluding diaryl/α,β-unsaturated/α-hetero) is 1. The number of rotatable bonds is 2. The van der Waals surface area contributed by atoms with Gasteiger partial charge >= 0.3 is 5.97 Å². The van der Waals surface area contributed by atoms with E-state index in [2.05, 4.69) is 19.9 Å². The Labute approximate surface area is 180 Å². The lowest BCUT2D eigenvalue weighted by atomic mass is 9.46. The number of esters is 1. The van der Waals surface area contributed by atoms with E-state index in [0.717, 1.165) is 37.0 Å². The molecule has 0 aromatic carbocycles. The zero-order chi connectivity index (χ0) is 20.6. The monoisotopic (exact) mass is 418 g/mol. The number of hydrogen-bond acceptors (Lipinski definition) is 3. The third-order valence-corrected chi connectivity index (χ3v) is 10.7. The van der Waals surface area contributed by atoms with Crippen molar-refractivity contribution < 1.29 is 14.3 Å². The zero-order valence-corrected chi connectivity index (χ0v) is 18.8. The van der Waals surface area contributed by atoms with E-state index < -0.39 is 0 Å². The highest BCUT2D eigenvalue weighted by Crippen LogP contribution is 2.68. The summed E-state index contributed by atoms with van der Waals surface area (Å²) >= 11 is 6.44. The lowest BCUT2D eigenvalue weighted by molar-refractivity contribution is -0.149. The average Bonchev–Trinajstić information content (AvgIpc) is 3.02. The minimum Gasteiger partial charge on any atom is -0.462 e. The fourth-order valence-corrected chi connectivity index (χ4v) is 8.93. The Bertz CT molecular complexity index is 759. The second-order valence-electron chi connectivity index (χ2n) is 11.2.